The third-order valence-electron chi connectivity index (χ3n) is 4.76. The van der Waals surface area contributed by atoms with Gasteiger partial charge < -0.3 is 19.1 Å². The number of nitriles is 1. The minimum Gasteiger partial charge on any atom is -0.480 e. The van der Waals surface area contributed by atoms with Crippen LogP contribution in [0.2, 0.25) is 0 Å². The van der Waals surface area contributed by atoms with Gasteiger partial charge in [-0.05, 0) is 45.9 Å². The standard InChI is InChI=1S/C23H27FN4O4/c1-15(30-19-6-5-16(14-25)13-18(19)24)21-26-10-7-20(27-21)31-17-8-11-28(12-9-17)22(29)32-23(2,3)4/h5-7,10,13,15,17H,8-9,11-12H2,1-4H3. The number of benzene rings is 1. The van der Waals surface area contributed by atoms with Crippen LogP contribution in [0.25, 0.3) is 0 Å². The molecule has 8 nitrogen and oxygen atoms in total. The van der Waals surface area contributed by atoms with E-state index in [1.807, 2.05) is 26.8 Å². The number of rotatable bonds is 5. The number of hydrogen-bond donors (Lipinski definition) is 0. The molecule has 32 heavy (non-hydrogen) atoms. The Balaban J connectivity index is 1.56. The molecule has 1 amide bonds. The van der Waals surface area contributed by atoms with Crippen LogP contribution in [0.3, 0.4) is 0 Å². The molecule has 2 heterocycles. The lowest BCUT2D eigenvalue weighted by atomic mass is 10.1. The van der Waals surface area contributed by atoms with Gasteiger partial charge in [0.15, 0.2) is 23.5 Å². The molecule has 1 fully saturated rings. The molecular formula is C23H27FN4O4. The van der Waals surface area contributed by atoms with E-state index in [1.165, 1.54) is 12.1 Å². The van der Waals surface area contributed by atoms with Crippen LogP contribution in [0.15, 0.2) is 30.5 Å². The van der Waals surface area contributed by atoms with E-state index in [9.17, 15) is 9.18 Å². The first-order valence-electron chi connectivity index (χ1n) is 10.5. The van der Waals surface area contributed by atoms with E-state index in [0.29, 0.717) is 37.6 Å². The Labute approximate surface area is 186 Å². The van der Waals surface area contributed by atoms with Gasteiger partial charge in [0.2, 0.25) is 5.88 Å². The average Bonchev–Trinajstić information content (AvgIpc) is 2.74. The van der Waals surface area contributed by atoms with E-state index in [1.54, 1.807) is 24.1 Å². The van der Waals surface area contributed by atoms with E-state index in [0.717, 1.165) is 6.07 Å². The van der Waals surface area contributed by atoms with Crippen molar-refractivity contribution in [2.45, 2.75) is 58.3 Å². The Bertz CT molecular complexity index is 994. The quantitative estimate of drug-likeness (QED) is 0.677. The summed E-state index contributed by atoms with van der Waals surface area (Å²) in [6.45, 7) is 8.30. The zero-order valence-electron chi connectivity index (χ0n) is 18.7. The third-order valence-corrected chi connectivity index (χ3v) is 4.76. The first-order chi connectivity index (χ1) is 15.1. The fraction of sp³-hybridized carbons (Fsp3) is 0.478. The number of halogens is 1. The Morgan fingerprint density at radius 3 is 2.62 bits per heavy atom. The van der Waals surface area contributed by atoms with Crippen LogP contribution in [-0.4, -0.2) is 45.8 Å². The molecule has 1 aromatic carbocycles. The molecule has 9 heteroatoms. The minimum absolute atomic E-state index is 0.0148. The van der Waals surface area contributed by atoms with Crippen molar-refractivity contribution in [3.8, 4) is 17.7 Å². The monoisotopic (exact) mass is 442 g/mol. The third kappa shape index (κ3) is 6.30. The predicted octanol–water partition coefficient (Wildman–Crippen LogP) is 4.41. The number of likely N-dealkylation sites (tertiary alicyclic amines) is 1. The van der Waals surface area contributed by atoms with Crippen molar-refractivity contribution in [3.05, 3.63) is 47.7 Å². The van der Waals surface area contributed by atoms with E-state index < -0.39 is 17.5 Å². The number of carbonyl (C=O) groups excluding carboxylic acids is 1. The second kappa shape index (κ2) is 9.81. The van der Waals surface area contributed by atoms with Crippen molar-refractivity contribution in [1.29, 1.82) is 5.26 Å². The first kappa shape index (κ1) is 23.3. The topological polar surface area (TPSA) is 97.6 Å². The van der Waals surface area contributed by atoms with Gasteiger partial charge in [-0.2, -0.15) is 10.2 Å². The Morgan fingerprint density at radius 2 is 2.00 bits per heavy atom. The summed E-state index contributed by atoms with van der Waals surface area (Å²) >= 11 is 0. The zero-order chi connectivity index (χ0) is 23.3. The van der Waals surface area contributed by atoms with Crippen molar-refractivity contribution in [2.75, 3.05) is 13.1 Å². The summed E-state index contributed by atoms with van der Waals surface area (Å²) in [5, 5.41) is 8.85. The molecule has 0 aliphatic carbocycles. The van der Waals surface area contributed by atoms with Gasteiger partial charge in [-0.15, -0.1) is 0 Å². The molecule has 0 bridgehead atoms. The van der Waals surface area contributed by atoms with Gasteiger partial charge in [0.25, 0.3) is 0 Å². The van der Waals surface area contributed by atoms with Gasteiger partial charge in [0, 0.05) is 38.2 Å². The van der Waals surface area contributed by atoms with Gasteiger partial charge in [0.05, 0.1) is 11.6 Å². The molecule has 1 atom stereocenters. The van der Waals surface area contributed by atoms with E-state index in [2.05, 4.69) is 9.97 Å². The molecule has 0 radical (unpaired) electrons. The smallest absolute Gasteiger partial charge is 0.410 e. The summed E-state index contributed by atoms with van der Waals surface area (Å²) in [6.07, 6.45) is 1.82. The van der Waals surface area contributed by atoms with Crippen LogP contribution in [0.4, 0.5) is 9.18 Å². The second-order valence-corrected chi connectivity index (χ2v) is 8.55. The predicted molar refractivity (Wildman–Crippen MR) is 114 cm³/mol. The van der Waals surface area contributed by atoms with E-state index in [-0.39, 0.29) is 23.5 Å². The van der Waals surface area contributed by atoms with Gasteiger partial charge in [-0.1, -0.05) is 0 Å². The Hall–Kier alpha value is -3.41. The highest BCUT2D eigenvalue weighted by atomic mass is 19.1. The summed E-state index contributed by atoms with van der Waals surface area (Å²) in [4.78, 5) is 22.5. The van der Waals surface area contributed by atoms with E-state index in [4.69, 9.17) is 19.5 Å². The number of aromatic nitrogens is 2. The molecule has 1 aliphatic rings. The fourth-order valence-corrected chi connectivity index (χ4v) is 3.18. The number of nitrogens with zero attached hydrogens (tertiary/aromatic N) is 4. The van der Waals surface area contributed by atoms with Gasteiger partial charge in [-0.3, -0.25) is 0 Å². The summed E-state index contributed by atoms with van der Waals surface area (Å²) < 4.78 is 31.1. The van der Waals surface area contributed by atoms with Gasteiger partial charge in [0.1, 0.15) is 11.7 Å². The molecule has 1 unspecified atom stereocenters. The van der Waals surface area contributed by atoms with Gasteiger partial charge >= 0.3 is 6.09 Å². The summed E-state index contributed by atoms with van der Waals surface area (Å²) in [6, 6.07) is 7.54. The number of ether oxygens (including phenoxy) is 3. The molecule has 0 saturated carbocycles. The van der Waals surface area contributed by atoms with Crippen LogP contribution in [0.1, 0.15) is 58.0 Å². The van der Waals surface area contributed by atoms with Crippen molar-refractivity contribution in [1.82, 2.24) is 14.9 Å². The molecule has 1 saturated heterocycles. The lowest BCUT2D eigenvalue weighted by molar-refractivity contribution is 0.0122. The molecule has 170 valence electrons. The van der Waals surface area contributed by atoms with Crippen molar-refractivity contribution >= 4 is 6.09 Å². The minimum atomic E-state index is -0.630. The second-order valence-electron chi connectivity index (χ2n) is 8.55. The van der Waals surface area contributed by atoms with Crippen molar-refractivity contribution in [3.63, 3.8) is 0 Å². The summed E-state index contributed by atoms with van der Waals surface area (Å²) in [5.41, 5.74) is -0.312. The highest BCUT2D eigenvalue weighted by molar-refractivity contribution is 5.68. The summed E-state index contributed by atoms with van der Waals surface area (Å²) in [5.74, 6) is 0.125. The molecular weight excluding hydrogens is 415 g/mol. The first-order valence-corrected chi connectivity index (χ1v) is 10.5. The zero-order valence-corrected chi connectivity index (χ0v) is 18.7. The molecule has 2 aromatic rings. The maximum Gasteiger partial charge on any atom is 0.410 e. The van der Waals surface area contributed by atoms with Crippen LogP contribution in [-0.2, 0) is 4.74 Å². The molecule has 0 spiro atoms. The fourth-order valence-electron chi connectivity index (χ4n) is 3.18. The number of carbonyl (C=O) groups is 1. The van der Waals surface area contributed by atoms with Crippen LogP contribution in [0.5, 0.6) is 11.6 Å². The van der Waals surface area contributed by atoms with Crippen LogP contribution < -0.4 is 9.47 Å². The number of amides is 1. The Kier molecular flexibility index (Phi) is 7.13. The maximum absolute atomic E-state index is 14.1. The summed E-state index contributed by atoms with van der Waals surface area (Å²) in [7, 11) is 0. The lowest BCUT2D eigenvalue weighted by Crippen LogP contribution is -2.44. The van der Waals surface area contributed by atoms with E-state index >= 15 is 0 Å². The van der Waals surface area contributed by atoms with Crippen LogP contribution >= 0.6 is 0 Å². The average molecular weight is 442 g/mol. The largest absolute Gasteiger partial charge is 0.480 e. The maximum atomic E-state index is 14.1. The normalized spacial score (nSPS) is 15.6. The lowest BCUT2D eigenvalue weighted by Gasteiger charge is -2.33. The SMILES string of the molecule is CC(Oc1ccc(C#N)cc1F)c1nccc(OC2CCN(C(=O)OC(C)(C)C)CC2)n1. The van der Waals surface area contributed by atoms with Crippen molar-refractivity contribution < 1.29 is 23.4 Å². The van der Waals surface area contributed by atoms with Crippen molar-refractivity contribution in [2.24, 2.45) is 0 Å². The van der Waals surface area contributed by atoms with Gasteiger partial charge in [-0.25, -0.2) is 14.2 Å². The number of hydrogen-bond acceptors (Lipinski definition) is 7. The number of piperidine rings is 1. The van der Waals surface area contributed by atoms with Crippen LogP contribution in [0, 0.1) is 17.1 Å². The highest BCUT2D eigenvalue weighted by Crippen LogP contribution is 2.25. The molecule has 1 aliphatic heterocycles. The highest BCUT2D eigenvalue weighted by Gasteiger charge is 2.28. The molecule has 0 N–H and O–H groups in total. The molecule has 1 aromatic heterocycles. The molecule has 3 rings (SSSR count). The Morgan fingerprint density at radius 1 is 1.28 bits per heavy atom.